The van der Waals surface area contributed by atoms with Crippen LogP contribution in [0.15, 0.2) is 22.3 Å². The summed E-state index contributed by atoms with van der Waals surface area (Å²) in [4.78, 5) is 35.1. The molecule has 0 bridgehead atoms. The molecule has 3 rings (SSSR count). The van der Waals surface area contributed by atoms with Gasteiger partial charge in [-0.2, -0.15) is 0 Å². The van der Waals surface area contributed by atoms with Crippen LogP contribution >= 0.6 is 34.4 Å². The molecule has 3 aromatic rings. The first-order valence-corrected chi connectivity index (χ1v) is 11.8. The first kappa shape index (κ1) is 20.1. The maximum Gasteiger partial charge on any atom is 0.260 e. The first-order valence-electron chi connectivity index (χ1n) is 8.96. The minimum atomic E-state index is -0.112. The maximum atomic E-state index is 12.6. The molecule has 0 fully saturated rings. The van der Waals surface area contributed by atoms with Gasteiger partial charge in [-0.3, -0.25) is 9.59 Å². The van der Waals surface area contributed by atoms with Crippen molar-refractivity contribution in [2.45, 2.75) is 45.4 Å². The second-order valence-electron chi connectivity index (χ2n) is 6.33. The van der Waals surface area contributed by atoms with Gasteiger partial charge >= 0.3 is 0 Å². The summed E-state index contributed by atoms with van der Waals surface area (Å²) in [5.41, 5.74) is 0.838. The molecule has 0 radical (unpaired) electrons. The van der Waals surface area contributed by atoms with Gasteiger partial charge in [0.25, 0.3) is 5.56 Å². The highest BCUT2D eigenvalue weighted by molar-refractivity contribution is 7.99. The highest BCUT2D eigenvalue weighted by Gasteiger charge is 2.15. The molecule has 1 amide bonds. The van der Waals surface area contributed by atoms with Crippen LogP contribution in [0.4, 0.5) is 0 Å². The van der Waals surface area contributed by atoms with Gasteiger partial charge in [0.05, 0.1) is 16.9 Å². The molecule has 8 heteroatoms. The Balaban J connectivity index is 1.69. The standard InChI is InChI=1S/C19H23N3O2S3/c1-4-12(5-2)20-16(23)10-25-9-15-21-18(24)17-13(8-26-19(17)22-15)14-7-6-11(3)27-14/h6-8,12H,4-5,9-10H2,1-3H3,(H,20,23)(H,21,22,24). The normalized spacial score (nSPS) is 11.4. The Kier molecular flexibility index (Phi) is 6.73. The SMILES string of the molecule is CCC(CC)NC(=O)CSCc1nc2scc(-c3ccc(C)s3)c2c(=O)[nH]1. The number of aromatic nitrogens is 2. The molecule has 2 N–H and O–H groups in total. The average molecular weight is 422 g/mol. The number of aryl methyl sites for hydroxylation is 1. The van der Waals surface area contributed by atoms with Crippen LogP contribution in [0.2, 0.25) is 0 Å². The second-order valence-corrected chi connectivity index (χ2v) is 9.46. The van der Waals surface area contributed by atoms with E-state index >= 15 is 0 Å². The summed E-state index contributed by atoms with van der Waals surface area (Å²) in [7, 11) is 0. The van der Waals surface area contributed by atoms with Gasteiger partial charge in [0.15, 0.2) is 0 Å². The number of hydrogen-bond acceptors (Lipinski definition) is 6. The number of carbonyl (C=O) groups is 1. The fourth-order valence-corrected chi connectivity index (χ4v) is 5.45. The summed E-state index contributed by atoms with van der Waals surface area (Å²) in [6.07, 6.45) is 1.87. The number of fused-ring (bicyclic) bond motifs is 1. The van der Waals surface area contributed by atoms with Gasteiger partial charge in [-0.1, -0.05) is 13.8 Å². The number of thiophene rings is 2. The second kappa shape index (κ2) is 9.03. The van der Waals surface area contributed by atoms with Crippen LogP contribution in [0, 0.1) is 6.92 Å². The first-order chi connectivity index (χ1) is 13.0. The number of amides is 1. The van der Waals surface area contributed by atoms with Crippen molar-refractivity contribution in [3.63, 3.8) is 0 Å². The third kappa shape index (κ3) is 4.80. The fourth-order valence-electron chi connectivity index (χ4n) is 2.83. The third-order valence-electron chi connectivity index (χ3n) is 4.32. The van der Waals surface area contributed by atoms with Crippen LogP contribution in [0.3, 0.4) is 0 Å². The molecule has 0 aromatic carbocycles. The van der Waals surface area contributed by atoms with Gasteiger partial charge in [0, 0.05) is 26.7 Å². The number of nitrogens with one attached hydrogen (secondary N) is 2. The molecule has 0 spiro atoms. The van der Waals surface area contributed by atoms with Crippen LogP contribution in [0.1, 0.15) is 37.4 Å². The minimum absolute atomic E-state index is 0.0311. The van der Waals surface area contributed by atoms with E-state index in [1.165, 1.54) is 28.0 Å². The molecule has 0 unspecified atom stereocenters. The number of thioether (sulfide) groups is 1. The van der Waals surface area contributed by atoms with E-state index in [2.05, 4.69) is 42.1 Å². The number of carbonyl (C=O) groups excluding carboxylic acids is 1. The zero-order valence-corrected chi connectivity index (χ0v) is 18.1. The predicted molar refractivity (Wildman–Crippen MR) is 117 cm³/mol. The lowest BCUT2D eigenvalue weighted by Crippen LogP contribution is -2.35. The Morgan fingerprint density at radius 3 is 2.78 bits per heavy atom. The van der Waals surface area contributed by atoms with Gasteiger partial charge in [-0.25, -0.2) is 4.98 Å². The summed E-state index contributed by atoms with van der Waals surface area (Å²) in [6, 6.07) is 4.34. The number of H-pyrrole nitrogens is 1. The molecule has 0 atom stereocenters. The molecule has 3 aromatic heterocycles. The Labute approximate surface area is 170 Å². The zero-order chi connectivity index (χ0) is 19.4. The molecule has 0 aliphatic carbocycles. The summed E-state index contributed by atoms with van der Waals surface area (Å²) >= 11 is 4.63. The van der Waals surface area contributed by atoms with Gasteiger partial charge in [-0.05, 0) is 31.9 Å². The fraction of sp³-hybridized carbons (Fsp3) is 0.421. The topological polar surface area (TPSA) is 74.8 Å². The van der Waals surface area contributed by atoms with Crippen LogP contribution < -0.4 is 10.9 Å². The zero-order valence-electron chi connectivity index (χ0n) is 15.6. The van der Waals surface area contributed by atoms with E-state index < -0.39 is 0 Å². The molecular formula is C19H23N3O2S3. The van der Waals surface area contributed by atoms with Crippen molar-refractivity contribution in [3.05, 3.63) is 38.6 Å². The monoisotopic (exact) mass is 421 g/mol. The smallest absolute Gasteiger partial charge is 0.260 e. The van der Waals surface area contributed by atoms with Gasteiger partial charge in [0.2, 0.25) is 5.91 Å². The largest absolute Gasteiger partial charge is 0.353 e. The molecule has 27 heavy (non-hydrogen) atoms. The van der Waals surface area contributed by atoms with E-state index in [1.807, 2.05) is 11.4 Å². The van der Waals surface area contributed by atoms with Crippen LogP contribution in [0.5, 0.6) is 0 Å². The lowest BCUT2D eigenvalue weighted by molar-refractivity contribution is -0.119. The van der Waals surface area contributed by atoms with E-state index in [1.54, 1.807) is 11.3 Å². The summed E-state index contributed by atoms with van der Waals surface area (Å²) < 4.78 is 0. The van der Waals surface area contributed by atoms with E-state index in [-0.39, 0.29) is 17.5 Å². The average Bonchev–Trinajstić information content (AvgIpc) is 3.26. The molecule has 0 aliphatic rings. The van der Waals surface area contributed by atoms with E-state index in [0.717, 1.165) is 28.1 Å². The molecular weight excluding hydrogens is 398 g/mol. The maximum absolute atomic E-state index is 12.6. The van der Waals surface area contributed by atoms with Crippen molar-refractivity contribution in [3.8, 4) is 10.4 Å². The quantitative estimate of drug-likeness (QED) is 0.559. The van der Waals surface area contributed by atoms with E-state index in [4.69, 9.17) is 0 Å². The van der Waals surface area contributed by atoms with Crippen molar-refractivity contribution >= 4 is 50.6 Å². The number of aromatic amines is 1. The van der Waals surface area contributed by atoms with Crippen molar-refractivity contribution in [1.29, 1.82) is 0 Å². The Morgan fingerprint density at radius 2 is 2.11 bits per heavy atom. The summed E-state index contributed by atoms with van der Waals surface area (Å²) in [6.45, 7) is 6.19. The minimum Gasteiger partial charge on any atom is -0.353 e. The highest BCUT2D eigenvalue weighted by atomic mass is 32.2. The van der Waals surface area contributed by atoms with Gasteiger partial charge in [-0.15, -0.1) is 34.4 Å². The Bertz CT molecular complexity index is 986. The Hall–Kier alpha value is -1.64. The molecule has 0 saturated heterocycles. The van der Waals surface area contributed by atoms with Crippen molar-refractivity contribution in [2.75, 3.05) is 5.75 Å². The van der Waals surface area contributed by atoms with Crippen molar-refractivity contribution < 1.29 is 4.79 Å². The van der Waals surface area contributed by atoms with Gasteiger partial charge < -0.3 is 10.3 Å². The molecule has 3 heterocycles. The van der Waals surface area contributed by atoms with Crippen LogP contribution in [0.25, 0.3) is 20.7 Å². The number of nitrogens with zero attached hydrogens (tertiary/aromatic N) is 1. The van der Waals surface area contributed by atoms with Crippen LogP contribution in [-0.4, -0.2) is 27.7 Å². The van der Waals surface area contributed by atoms with Gasteiger partial charge in [0.1, 0.15) is 10.7 Å². The number of rotatable bonds is 8. The molecule has 0 aliphatic heterocycles. The predicted octanol–water partition coefficient (Wildman–Crippen LogP) is 4.56. The Morgan fingerprint density at radius 1 is 1.33 bits per heavy atom. The van der Waals surface area contributed by atoms with Crippen molar-refractivity contribution in [2.24, 2.45) is 0 Å². The molecule has 0 saturated carbocycles. The van der Waals surface area contributed by atoms with E-state index in [9.17, 15) is 9.59 Å². The lowest BCUT2D eigenvalue weighted by atomic mass is 10.2. The lowest BCUT2D eigenvalue weighted by Gasteiger charge is -2.14. The molecule has 144 valence electrons. The molecule has 5 nitrogen and oxygen atoms in total. The summed E-state index contributed by atoms with van der Waals surface area (Å²) in [5.74, 6) is 1.52. The summed E-state index contributed by atoms with van der Waals surface area (Å²) in [5, 5.41) is 5.67. The number of hydrogen-bond donors (Lipinski definition) is 2. The van der Waals surface area contributed by atoms with E-state index in [0.29, 0.717) is 22.7 Å². The van der Waals surface area contributed by atoms with Crippen LogP contribution in [-0.2, 0) is 10.5 Å². The van der Waals surface area contributed by atoms with Crippen molar-refractivity contribution in [1.82, 2.24) is 15.3 Å². The third-order valence-corrected chi connectivity index (χ3v) is 7.17. The highest BCUT2D eigenvalue weighted by Crippen LogP contribution is 2.35.